The molecule has 5 nitrogen and oxygen atoms in total. The van der Waals surface area contributed by atoms with Crippen LogP contribution in [0.5, 0.6) is 0 Å². The van der Waals surface area contributed by atoms with Gasteiger partial charge in [0.05, 0.1) is 11.2 Å². The molecule has 1 amide bonds. The van der Waals surface area contributed by atoms with E-state index in [1.807, 2.05) is 52.0 Å². The Labute approximate surface area is 137 Å². The summed E-state index contributed by atoms with van der Waals surface area (Å²) >= 11 is 0. The fourth-order valence-corrected chi connectivity index (χ4v) is 2.46. The zero-order valence-corrected chi connectivity index (χ0v) is 14.1. The lowest BCUT2D eigenvalue weighted by atomic mass is 9.78. The van der Waals surface area contributed by atoms with Crippen LogP contribution in [0.1, 0.15) is 46.1 Å². The van der Waals surface area contributed by atoms with Gasteiger partial charge in [0, 0.05) is 11.5 Å². The largest absolute Gasteiger partial charge is 0.494 e. The minimum atomic E-state index is -0.466. The summed E-state index contributed by atoms with van der Waals surface area (Å²) < 4.78 is 12.1. The summed E-state index contributed by atoms with van der Waals surface area (Å²) in [5.41, 5.74) is 0.709. The number of hydrogen-bond acceptors (Lipinski definition) is 4. The van der Waals surface area contributed by atoms with Crippen molar-refractivity contribution in [2.45, 2.75) is 51.7 Å². The summed E-state index contributed by atoms with van der Waals surface area (Å²) in [6.07, 6.45) is 1.85. The number of hydrogen-bond donors (Lipinski definition) is 2. The van der Waals surface area contributed by atoms with Gasteiger partial charge in [0.2, 0.25) is 5.91 Å². The van der Waals surface area contributed by atoms with Crippen LogP contribution in [-0.2, 0) is 14.1 Å². The lowest BCUT2D eigenvalue weighted by Crippen LogP contribution is -2.41. The van der Waals surface area contributed by atoms with Gasteiger partial charge in [-0.2, -0.15) is 0 Å². The van der Waals surface area contributed by atoms with Crippen molar-refractivity contribution in [2.24, 2.45) is 5.92 Å². The molecule has 0 bridgehead atoms. The van der Waals surface area contributed by atoms with Crippen LogP contribution >= 0.6 is 0 Å². The molecule has 2 fully saturated rings. The second-order valence-corrected chi connectivity index (χ2v) is 7.35. The molecule has 1 saturated heterocycles. The molecule has 122 valence electrons. The van der Waals surface area contributed by atoms with Gasteiger partial charge >= 0.3 is 7.12 Å². The molecule has 2 N–H and O–H groups in total. The Kier molecular flexibility index (Phi) is 3.85. The Bertz CT molecular complexity index is 637. The average Bonchev–Trinajstić information content (AvgIpc) is 3.27. The van der Waals surface area contributed by atoms with Crippen molar-refractivity contribution in [3.8, 4) is 0 Å². The van der Waals surface area contributed by atoms with Crippen molar-refractivity contribution in [1.29, 1.82) is 5.41 Å². The topological polar surface area (TPSA) is 71.4 Å². The van der Waals surface area contributed by atoms with Gasteiger partial charge in [-0.1, -0.05) is 24.3 Å². The number of nitrogens with one attached hydrogen (secondary N) is 2. The number of rotatable bonds is 3. The third-order valence-electron chi connectivity index (χ3n) is 4.90. The lowest BCUT2D eigenvalue weighted by Gasteiger charge is -2.32. The van der Waals surface area contributed by atoms with Gasteiger partial charge in [-0.05, 0) is 46.0 Å². The molecule has 0 spiro atoms. The summed E-state index contributed by atoms with van der Waals surface area (Å²) in [5, 5.41) is 10.8. The van der Waals surface area contributed by atoms with E-state index in [0.29, 0.717) is 5.56 Å². The van der Waals surface area contributed by atoms with Crippen LogP contribution in [0.15, 0.2) is 24.3 Å². The van der Waals surface area contributed by atoms with Crippen LogP contribution in [0.3, 0.4) is 0 Å². The molecule has 6 heteroatoms. The van der Waals surface area contributed by atoms with Crippen LogP contribution in [0.4, 0.5) is 0 Å². The molecule has 1 aliphatic heterocycles. The maximum absolute atomic E-state index is 11.8. The van der Waals surface area contributed by atoms with E-state index in [-0.39, 0.29) is 17.7 Å². The molecule has 0 aromatic heterocycles. The molecular weight excluding hydrogens is 291 g/mol. The Morgan fingerprint density at radius 1 is 1.22 bits per heavy atom. The predicted molar refractivity (Wildman–Crippen MR) is 89.9 cm³/mol. The van der Waals surface area contributed by atoms with Crippen molar-refractivity contribution >= 4 is 24.3 Å². The summed E-state index contributed by atoms with van der Waals surface area (Å²) in [6.45, 7) is 8.03. The molecule has 1 aromatic carbocycles. The Hall–Kier alpha value is -1.66. The monoisotopic (exact) mass is 314 g/mol. The zero-order chi connectivity index (χ0) is 16.8. The van der Waals surface area contributed by atoms with Gasteiger partial charge < -0.3 is 14.6 Å². The number of amides is 1. The molecule has 0 atom stereocenters. The molecule has 2 aliphatic rings. The van der Waals surface area contributed by atoms with E-state index < -0.39 is 18.3 Å². The van der Waals surface area contributed by atoms with E-state index in [0.717, 1.165) is 18.3 Å². The molecule has 1 aliphatic carbocycles. The highest BCUT2D eigenvalue weighted by atomic mass is 16.7. The van der Waals surface area contributed by atoms with Gasteiger partial charge in [0.15, 0.2) is 0 Å². The van der Waals surface area contributed by atoms with Gasteiger partial charge in [0.25, 0.3) is 0 Å². The minimum absolute atomic E-state index is 0.0592. The fraction of sp³-hybridized carbons (Fsp3) is 0.529. The first-order valence-electron chi connectivity index (χ1n) is 8.05. The number of benzene rings is 1. The average molecular weight is 314 g/mol. The quantitative estimate of drug-likeness (QED) is 0.508. The smallest absolute Gasteiger partial charge is 0.399 e. The van der Waals surface area contributed by atoms with Crippen LogP contribution < -0.4 is 10.8 Å². The highest BCUT2D eigenvalue weighted by Crippen LogP contribution is 2.36. The molecule has 1 aromatic rings. The van der Waals surface area contributed by atoms with Gasteiger partial charge in [-0.25, -0.2) is 0 Å². The van der Waals surface area contributed by atoms with E-state index in [4.69, 9.17) is 14.7 Å². The molecule has 1 saturated carbocycles. The first kappa shape index (κ1) is 16.2. The van der Waals surface area contributed by atoms with Crippen molar-refractivity contribution in [3.05, 3.63) is 29.8 Å². The Morgan fingerprint density at radius 2 is 1.83 bits per heavy atom. The van der Waals surface area contributed by atoms with Crippen LogP contribution in [-0.4, -0.2) is 30.1 Å². The second-order valence-electron chi connectivity index (χ2n) is 7.35. The second kappa shape index (κ2) is 5.46. The van der Waals surface area contributed by atoms with Crippen LogP contribution in [0.2, 0.25) is 0 Å². The first-order valence-corrected chi connectivity index (χ1v) is 8.05. The predicted octanol–water partition coefficient (Wildman–Crippen LogP) is 1.84. The van der Waals surface area contributed by atoms with Crippen LogP contribution in [0, 0.1) is 11.3 Å². The molecule has 1 heterocycles. The summed E-state index contributed by atoms with van der Waals surface area (Å²) in [4.78, 5) is 11.8. The summed E-state index contributed by atoms with van der Waals surface area (Å²) in [6, 6.07) is 7.43. The molecule has 3 rings (SSSR count). The number of carbonyl (C=O) groups is 1. The molecule has 23 heavy (non-hydrogen) atoms. The summed E-state index contributed by atoms with van der Waals surface area (Å²) in [5.74, 6) is 0.151. The van der Waals surface area contributed by atoms with Gasteiger partial charge in [0.1, 0.15) is 5.84 Å². The highest BCUT2D eigenvalue weighted by molar-refractivity contribution is 6.62. The minimum Gasteiger partial charge on any atom is -0.399 e. The first-order chi connectivity index (χ1) is 10.7. The lowest BCUT2D eigenvalue weighted by molar-refractivity contribution is -0.120. The fourth-order valence-electron chi connectivity index (χ4n) is 2.46. The van der Waals surface area contributed by atoms with Crippen molar-refractivity contribution in [3.63, 3.8) is 0 Å². The van der Waals surface area contributed by atoms with Crippen molar-refractivity contribution < 1.29 is 14.1 Å². The normalized spacial score (nSPS) is 22.0. The molecular formula is C17H23BN2O3. The van der Waals surface area contributed by atoms with E-state index >= 15 is 0 Å². The highest BCUT2D eigenvalue weighted by Gasteiger charge is 2.51. The SMILES string of the molecule is CC1(C)OB(c2cccc(C(=N)NC(=O)C3CC3)c2)OC1(C)C. The summed E-state index contributed by atoms with van der Waals surface area (Å²) in [7, 11) is -0.466. The number of carbonyl (C=O) groups excluding carboxylic acids is 1. The van der Waals surface area contributed by atoms with Gasteiger partial charge in [-0.3, -0.25) is 10.2 Å². The number of amidine groups is 1. The van der Waals surface area contributed by atoms with Crippen LogP contribution in [0.25, 0.3) is 0 Å². The van der Waals surface area contributed by atoms with Gasteiger partial charge in [-0.15, -0.1) is 0 Å². The molecule has 0 unspecified atom stereocenters. The van der Waals surface area contributed by atoms with Crippen molar-refractivity contribution in [1.82, 2.24) is 5.32 Å². The van der Waals surface area contributed by atoms with E-state index in [1.54, 1.807) is 0 Å². The third-order valence-corrected chi connectivity index (χ3v) is 4.90. The van der Waals surface area contributed by atoms with E-state index in [9.17, 15) is 4.79 Å². The third kappa shape index (κ3) is 3.19. The Balaban J connectivity index is 1.75. The van der Waals surface area contributed by atoms with E-state index in [2.05, 4.69) is 5.32 Å². The van der Waals surface area contributed by atoms with Crippen molar-refractivity contribution in [2.75, 3.05) is 0 Å². The maximum Gasteiger partial charge on any atom is 0.494 e. The zero-order valence-electron chi connectivity index (χ0n) is 14.1. The molecule has 0 radical (unpaired) electrons. The van der Waals surface area contributed by atoms with E-state index in [1.165, 1.54) is 0 Å². The Morgan fingerprint density at radius 3 is 2.39 bits per heavy atom. The maximum atomic E-state index is 11.8. The standard InChI is InChI=1S/C17H23BN2O3/c1-16(2)17(3,4)23-18(22-16)13-7-5-6-12(10-13)14(19)20-15(21)11-8-9-11/h5-7,10-11H,8-9H2,1-4H3,(H2,19,20,21).